The Kier molecular flexibility index (Phi) is 5.27. The van der Waals surface area contributed by atoms with E-state index in [1.807, 2.05) is 25.2 Å². The van der Waals surface area contributed by atoms with Crippen molar-refractivity contribution in [1.29, 1.82) is 0 Å². The van der Waals surface area contributed by atoms with E-state index in [-0.39, 0.29) is 6.04 Å². The molecule has 0 aliphatic carbocycles. The second kappa shape index (κ2) is 6.97. The van der Waals surface area contributed by atoms with Gasteiger partial charge in [0.1, 0.15) is 5.75 Å². The summed E-state index contributed by atoms with van der Waals surface area (Å²) in [6.07, 6.45) is 0. The van der Waals surface area contributed by atoms with Gasteiger partial charge in [-0.1, -0.05) is 55.8 Å². The van der Waals surface area contributed by atoms with Gasteiger partial charge in [0.2, 0.25) is 0 Å². The topological polar surface area (TPSA) is 21.3 Å². The first-order valence-electron chi connectivity index (χ1n) is 7.17. The van der Waals surface area contributed by atoms with Crippen molar-refractivity contribution < 1.29 is 4.74 Å². The standard InChI is InChI=1S/C18H22ClNO/c1-12(2)13-5-7-14(8-6-13)18(20-3)15-9-10-17(21-4)16(19)11-15/h5-12,18,20H,1-4H3. The molecule has 2 aromatic rings. The average molecular weight is 304 g/mol. The fraction of sp³-hybridized carbons (Fsp3) is 0.333. The minimum absolute atomic E-state index is 0.120. The van der Waals surface area contributed by atoms with Gasteiger partial charge in [-0.05, 0) is 41.8 Å². The van der Waals surface area contributed by atoms with Crippen molar-refractivity contribution in [3.63, 3.8) is 0 Å². The molecule has 1 atom stereocenters. The highest BCUT2D eigenvalue weighted by Crippen LogP contribution is 2.30. The number of halogens is 1. The van der Waals surface area contributed by atoms with Crippen molar-refractivity contribution in [2.75, 3.05) is 14.2 Å². The smallest absolute Gasteiger partial charge is 0.137 e. The first-order chi connectivity index (χ1) is 10.1. The SMILES string of the molecule is CNC(c1ccc(C(C)C)cc1)c1ccc(OC)c(Cl)c1. The molecule has 0 aromatic heterocycles. The molecule has 112 valence electrons. The molecule has 2 nitrogen and oxygen atoms in total. The van der Waals surface area contributed by atoms with Crippen LogP contribution >= 0.6 is 11.6 Å². The van der Waals surface area contributed by atoms with Gasteiger partial charge >= 0.3 is 0 Å². The fourth-order valence-corrected chi connectivity index (χ4v) is 2.73. The number of hydrogen-bond donors (Lipinski definition) is 1. The summed E-state index contributed by atoms with van der Waals surface area (Å²) in [5.41, 5.74) is 3.70. The van der Waals surface area contributed by atoms with E-state index in [1.54, 1.807) is 7.11 Å². The Bertz CT molecular complexity index is 593. The zero-order valence-corrected chi connectivity index (χ0v) is 13.7. The summed E-state index contributed by atoms with van der Waals surface area (Å²) in [5.74, 6) is 1.24. The van der Waals surface area contributed by atoms with Crippen LogP contribution in [0.25, 0.3) is 0 Å². The lowest BCUT2D eigenvalue weighted by Gasteiger charge is -2.19. The lowest BCUT2D eigenvalue weighted by atomic mass is 9.95. The summed E-state index contributed by atoms with van der Waals surface area (Å²) in [4.78, 5) is 0. The Morgan fingerprint density at radius 1 is 0.952 bits per heavy atom. The Morgan fingerprint density at radius 3 is 2.00 bits per heavy atom. The predicted molar refractivity (Wildman–Crippen MR) is 89.4 cm³/mol. The summed E-state index contributed by atoms with van der Waals surface area (Å²) in [7, 11) is 3.58. The number of hydrogen-bond acceptors (Lipinski definition) is 2. The lowest BCUT2D eigenvalue weighted by molar-refractivity contribution is 0.414. The summed E-state index contributed by atoms with van der Waals surface area (Å²) in [6.45, 7) is 4.40. The van der Waals surface area contributed by atoms with Gasteiger partial charge in [0.25, 0.3) is 0 Å². The molecule has 0 fully saturated rings. The van der Waals surface area contributed by atoms with Crippen LogP contribution in [0.1, 0.15) is 42.5 Å². The molecule has 0 saturated heterocycles. The zero-order chi connectivity index (χ0) is 15.4. The van der Waals surface area contributed by atoms with Crippen molar-refractivity contribution in [2.45, 2.75) is 25.8 Å². The van der Waals surface area contributed by atoms with Crippen LogP contribution in [0.4, 0.5) is 0 Å². The van der Waals surface area contributed by atoms with Crippen LogP contribution in [0.15, 0.2) is 42.5 Å². The molecule has 0 spiro atoms. The Morgan fingerprint density at radius 2 is 1.52 bits per heavy atom. The maximum Gasteiger partial charge on any atom is 0.137 e. The molecule has 0 bridgehead atoms. The molecule has 21 heavy (non-hydrogen) atoms. The van der Waals surface area contributed by atoms with Crippen molar-refractivity contribution >= 4 is 11.6 Å². The van der Waals surface area contributed by atoms with E-state index in [9.17, 15) is 0 Å². The number of rotatable bonds is 5. The minimum Gasteiger partial charge on any atom is -0.495 e. The second-order valence-corrected chi connectivity index (χ2v) is 5.84. The minimum atomic E-state index is 0.120. The third kappa shape index (κ3) is 3.58. The summed E-state index contributed by atoms with van der Waals surface area (Å²) in [6, 6.07) is 14.8. The van der Waals surface area contributed by atoms with E-state index in [0.717, 1.165) is 5.56 Å². The van der Waals surface area contributed by atoms with Gasteiger partial charge in [-0.15, -0.1) is 0 Å². The monoisotopic (exact) mass is 303 g/mol. The van der Waals surface area contributed by atoms with Crippen molar-refractivity contribution in [1.82, 2.24) is 5.32 Å². The first kappa shape index (κ1) is 15.9. The van der Waals surface area contributed by atoms with Crippen molar-refractivity contribution in [3.05, 3.63) is 64.2 Å². The quantitative estimate of drug-likeness (QED) is 0.858. The van der Waals surface area contributed by atoms with Gasteiger partial charge in [-0.25, -0.2) is 0 Å². The van der Waals surface area contributed by atoms with E-state index >= 15 is 0 Å². The highest BCUT2D eigenvalue weighted by atomic mass is 35.5. The van der Waals surface area contributed by atoms with E-state index in [1.165, 1.54) is 11.1 Å². The predicted octanol–water partition coefficient (Wildman–Crippen LogP) is 4.78. The number of nitrogens with one attached hydrogen (secondary N) is 1. The van der Waals surface area contributed by atoms with Gasteiger partial charge in [-0.2, -0.15) is 0 Å². The molecule has 0 saturated carbocycles. The Balaban J connectivity index is 2.32. The fourth-order valence-electron chi connectivity index (χ4n) is 2.46. The lowest BCUT2D eigenvalue weighted by Crippen LogP contribution is -2.17. The van der Waals surface area contributed by atoms with E-state index in [4.69, 9.17) is 16.3 Å². The molecular weight excluding hydrogens is 282 g/mol. The number of benzene rings is 2. The molecule has 0 radical (unpaired) electrons. The van der Waals surface area contributed by atoms with Crippen LogP contribution < -0.4 is 10.1 Å². The Labute approximate surface area is 132 Å². The summed E-state index contributed by atoms with van der Waals surface area (Å²) in [5, 5.41) is 3.98. The molecule has 1 N–H and O–H groups in total. The molecule has 2 aromatic carbocycles. The third-order valence-electron chi connectivity index (χ3n) is 3.73. The van der Waals surface area contributed by atoms with E-state index < -0.39 is 0 Å². The van der Waals surface area contributed by atoms with Crippen LogP contribution in [0.3, 0.4) is 0 Å². The molecule has 2 rings (SSSR count). The van der Waals surface area contributed by atoms with Crippen molar-refractivity contribution in [3.8, 4) is 5.75 Å². The van der Waals surface area contributed by atoms with Gasteiger partial charge in [0, 0.05) is 0 Å². The largest absolute Gasteiger partial charge is 0.495 e. The van der Waals surface area contributed by atoms with Crippen LogP contribution in [-0.2, 0) is 0 Å². The second-order valence-electron chi connectivity index (χ2n) is 5.44. The molecule has 1 unspecified atom stereocenters. The van der Waals surface area contributed by atoms with Crippen molar-refractivity contribution in [2.24, 2.45) is 0 Å². The highest BCUT2D eigenvalue weighted by molar-refractivity contribution is 6.32. The molecule has 0 heterocycles. The van der Waals surface area contributed by atoms with Gasteiger partial charge in [0.05, 0.1) is 18.2 Å². The van der Waals surface area contributed by atoms with Crippen LogP contribution in [0.2, 0.25) is 5.02 Å². The maximum absolute atomic E-state index is 6.23. The summed E-state index contributed by atoms with van der Waals surface area (Å²) < 4.78 is 5.21. The summed E-state index contributed by atoms with van der Waals surface area (Å²) >= 11 is 6.23. The first-order valence-corrected chi connectivity index (χ1v) is 7.55. The van der Waals surface area contributed by atoms with Gasteiger partial charge in [-0.3, -0.25) is 0 Å². The van der Waals surface area contributed by atoms with Crippen LogP contribution in [0.5, 0.6) is 5.75 Å². The average Bonchev–Trinajstić information content (AvgIpc) is 2.49. The molecule has 0 aliphatic heterocycles. The molecular formula is C18H22ClNO. The highest BCUT2D eigenvalue weighted by Gasteiger charge is 2.14. The normalized spacial score (nSPS) is 12.5. The van der Waals surface area contributed by atoms with E-state index in [0.29, 0.717) is 16.7 Å². The Hall–Kier alpha value is -1.51. The van der Waals surface area contributed by atoms with E-state index in [2.05, 4.69) is 43.4 Å². The van der Waals surface area contributed by atoms with Crippen LogP contribution in [0, 0.1) is 0 Å². The number of ether oxygens (including phenoxy) is 1. The third-order valence-corrected chi connectivity index (χ3v) is 4.03. The molecule has 0 aliphatic rings. The maximum atomic E-state index is 6.23. The van der Waals surface area contributed by atoms with Gasteiger partial charge in [0.15, 0.2) is 0 Å². The molecule has 3 heteroatoms. The van der Waals surface area contributed by atoms with Gasteiger partial charge < -0.3 is 10.1 Å². The molecule has 0 amide bonds. The zero-order valence-electron chi connectivity index (χ0n) is 13.0. The van der Waals surface area contributed by atoms with Crippen LogP contribution in [-0.4, -0.2) is 14.2 Å². The number of methoxy groups -OCH3 is 1.